The topological polar surface area (TPSA) is 105 Å². The quantitative estimate of drug-likeness (QED) is 0.468. The zero-order chi connectivity index (χ0) is 25.2. The van der Waals surface area contributed by atoms with Crippen molar-refractivity contribution in [3.63, 3.8) is 0 Å². The fraction of sp³-hybridized carbons (Fsp3) is 0.423. The lowest BCUT2D eigenvalue weighted by atomic mass is 9.98. The zero-order valence-corrected chi connectivity index (χ0v) is 19.3. The molecule has 3 N–H and O–H groups in total. The van der Waals surface area contributed by atoms with E-state index in [1.54, 1.807) is 6.92 Å². The summed E-state index contributed by atoms with van der Waals surface area (Å²) < 4.78 is 33.9. The Morgan fingerprint density at radius 2 is 1.66 bits per heavy atom. The first-order valence-corrected chi connectivity index (χ1v) is 11.7. The van der Waals surface area contributed by atoms with Gasteiger partial charge in [0.1, 0.15) is 12.5 Å². The molecule has 1 fully saturated rings. The summed E-state index contributed by atoms with van der Waals surface area (Å²) in [6.45, 7) is 1.41. The average molecular weight is 487 g/mol. The Morgan fingerprint density at radius 3 is 2.23 bits per heavy atom. The second-order valence-electron chi connectivity index (χ2n) is 9.01. The monoisotopic (exact) mass is 486 g/mol. The molecule has 2 aliphatic rings. The van der Waals surface area contributed by atoms with Crippen LogP contribution >= 0.6 is 0 Å². The van der Waals surface area contributed by atoms with Gasteiger partial charge in [0.25, 0.3) is 5.92 Å². The minimum absolute atomic E-state index is 0.0621. The Balaban J connectivity index is 1.28. The molecule has 0 spiro atoms. The Bertz CT molecular complexity index is 1080. The first kappa shape index (κ1) is 24.6. The second-order valence-corrected chi connectivity index (χ2v) is 9.01. The fourth-order valence-corrected chi connectivity index (χ4v) is 4.81. The number of carbonyl (C=O) groups excluding carboxylic acids is 2. The summed E-state index contributed by atoms with van der Waals surface area (Å²) in [6.07, 6.45) is -0.382. The molecule has 0 aromatic heterocycles. The van der Waals surface area contributed by atoms with E-state index in [0.717, 1.165) is 22.3 Å². The van der Waals surface area contributed by atoms with E-state index in [2.05, 4.69) is 10.6 Å². The van der Waals surface area contributed by atoms with Crippen LogP contribution in [0.4, 0.5) is 13.6 Å². The van der Waals surface area contributed by atoms with E-state index in [9.17, 15) is 23.2 Å². The number of aliphatic carboxylic acids is 1. The number of amides is 2. The van der Waals surface area contributed by atoms with Gasteiger partial charge in [0.2, 0.25) is 5.91 Å². The van der Waals surface area contributed by atoms with E-state index in [0.29, 0.717) is 6.42 Å². The highest BCUT2D eigenvalue weighted by atomic mass is 19.3. The van der Waals surface area contributed by atoms with Crippen LogP contribution in [0.15, 0.2) is 48.5 Å². The van der Waals surface area contributed by atoms with Crippen molar-refractivity contribution in [2.24, 2.45) is 11.8 Å². The minimum atomic E-state index is -3.24. The number of fused-ring (bicyclic) bond motifs is 3. The maximum atomic E-state index is 14.2. The fourth-order valence-electron chi connectivity index (χ4n) is 4.81. The molecule has 9 heteroatoms. The van der Waals surface area contributed by atoms with Crippen LogP contribution in [-0.2, 0) is 14.3 Å². The molecule has 35 heavy (non-hydrogen) atoms. The number of ether oxygens (including phenoxy) is 1. The molecule has 7 nitrogen and oxygen atoms in total. The number of alkyl carbamates (subject to hydrolysis) is 1. The molecule has 3 unspecified atom stereocenters. The standard InChI is InChI=1S/C26H28F2N2O5/c1-2-15(11-12-22(31)32)30-24(33)23-21(26(23,27)28)13-29-25(34)35-14-20-18-9-5-3-7-16(18)17-8-4-6-10-19(17)20/h3-10,15,20-21,23H,2,11-14H2,1H3,(H,29,34)(H,30,33)(H,31,32). The summed E-state index contributed by atoms with van der Waals surface area (Å²) >= 11 is 0. The molecular weight excluding hydrogens is 458 g/mol. The van der Waals surface area contributed by atoms with Crippen LogP contribution in [0, 0.1) is 11.8 Å². The molecule has 0 aliphatic heterocycles. The van der Waals surface area contributed by atoms with Gasteiger partial charge in [-0.15, -0.1) is 0 Å². The Labute approximate surface area is 201 Å². The third-order valence-electron chi connectivity index (χ3n) is 6.84. The number of carboxylic acid groups (broad SMARTS) is 1. The highest BCUT2D eigenvalue weighted by Crippen LogP contribution is 2.55. The van der Waals surface area contributed by atoms with Gasteiger partial charge in [-0.25, -0.2) is 13.6 Å². The largest absolute Gasteiger partial charge is 0.481 e. The molecule has 186 valence electrons. The number of halogens is 2. The summed E-state index contributed by atoms with van der Waals surface area (Å²) in [4.78, 5) is 35.4. The van der Waals surface area contributed by atoms with Gasteiger partial charge in [-0.05, 0) is 35.1 Å². The van der Waals surface area contributed by atoms with E-state index in [4.69, 9.17) is 9.84 Å². The normalized spacial score (nSPS) is 20.3. The number of carbonyl (C=O) groups is 3. The number of carboxylic acids is 1. The third kappa shape index (κ3) is 5.13. The molecule has 2 amide bonds. The van der Waals surface area contributed by atoms with E-state index < -0.39 is 48.3 Å². The Kier molecular flexibility index (Phi) is 7.05. The van der Waals surface area contributed by atoms with Crippen LogP contribution < -0.4 is 10.6 Å². The first-order valence-electron chi connectivity index (χ1n) is 11.7. The van der Waals surface area contributed by atoms with Crippen molar-refractivity contribution in [3.05, 3.63) is 59.7 Å². The van der Waals surface area contributed by atoms with Gasteiger partial charge in [-0.2, -0.15) is 0 Å². The molecule has 3 atom stereocenters. The summed E-state index contributed by atoms with van der Waals surface area (Å²) in [6, 6.07) is 15.2. The number of alkyl halides is 2. The van der Waals surface area contributed by atoms with Crippen LogP contribution in [-0.4, -0.2) is 48.2 Å². The van der Waals surface area contributed by atoms with Crippen molar-refractivity contribution >= 4 is 18.0 Å². The first-order chi connectivity index (χ1) is 16.7. The van der Waals surface area contributed by atoms with Crippen molar-refractivity contribution in [1.29, 1.82) is 0 Å². The number of rotatable bonds is 10. The number of benzene rings is 2. The molecule has 0 saturated heterocycles. The van der Waals surface area contributed by atoms with Crippen molar-refractivity contribution < 1.29 is 33.0 Å². The van der Waals surface area contributed by atoms with Crippen molar-refractivity contribution in [3.8, 4) is 11.1 Å². The van der Waals surface area contributed by atoms with Crippen LogP contribution in [0.1, 0.15) is 43.2 Å². The Morgan fingerprint density at radius 1 is 1.06 bits per heavy atom. The van der Waals surface area contributed by atoms with Crippen LogP contribution in [0.2, 0.25) is 0 Å². The summed E-state index contributed by atoms with van der Waals surface area (Å²) in [7, 11) is 0. The lowest BCUT2D eigenvalue weighted by Gasteiger charge is -2.16. The highest BCUT2D eigenvalue weighted by Gasteiger charge is 2.71. The van der Waals surface area contributed by atoms with E-state index in [1.807, 2.05) is 48.5 Å². The van der Waals surface area contributed by atoms with E-state index >= 15 is 0 Å². The van der Waals surface area contributed by atoms with Crippen LogP contribution in [0.25, 0.3) is 11.1 Å². The average Bonchev–Trinajstić information content (AvgIpc) is 3.25. The van der Waals surface area contributed by atoms with Gasteiger partial charge in [0.05, 0.1) is 5.92 Å². The van der Waals surface area contributed by atoms with Crippen molar-refractivity contribution in [2.75, 3.05) is 13.2 Å². The highest BCUT2D eigenvalue weighted by molar-refractivity contribution is 5.84. The third-order valence-corrected chi connectivity index (χ3v) is 6.84. The van der Waals surface area contributed by atoms with Gasteiger partial charge in [0.15, 0.2) is 0 Å². The van der Waals surface area contributed by atoms with E-state index in [1.165, 1.54) is 0 Å². The maximum absolute atomic E-state index is 14.2. The smallest absolute Gasteiger partial charge is 0.407 e. The summed E-state index contributed by atoms with van der Waals surface area (Å²) in [5.41, 5.74) is 4.25. The van der Waals surface area contributed by atoms with Gasteiger partial charge >= 0.3 is 12.1 Å². The predicted molar refractivity (Wildman–Crippen MR) is 124 cm³/mol. The predicted octanol–water partition coefficient (Wildman–Crippen LogP) is 4.17. The van der Waals surface area contributed by atoms with Crippen molar-refractivity contribution in [1.82, 2.24) is 10.6 Å². The molecule has 0 heterocycles. The van der Waals surface area contributed by atoms with E-state index in [-0.39, 0.29) is 25.4 Å². The van der Waals surface area contributed by atoms with Crippen molar-refractivity contribution in [2.45, 2.75) is 44.1 Å². The zero-order valence-electron chi connectivity index (χ0n) is 19.3. The van der Waals surface area contributed by atoms with Gasteiger partial charge < -0.3 is 20.5 Å². The molecule has 0 bridgehead atoms. The summed E-state index contributed by atoms with van der Waals surface area (Å²) in [5.74, 6) is -8.13. The summed E-state index contributed by atoms with van der Waals surface area (Å²) in [5, 5.41) is 13.7. The molecule has 2 aliphatic carbocycles. The van der Waals surface area contributed by atoms with Gasteiger partial charge in [-0.1, -0.05) is 55.5 Å². The number of hydrogen-bond donors (Lipinski definition) is 3. The molecule has 2 aromatic rings. The van der Waals surface area contributed by atoms with Crippen LogP contribution in [0.5, 0.6) is 0 Å². The molecule has 4 rings (SSSR count). The second kappa shape index (κ2) is 10.0. The van der Waals surface area contributed by atoms with Gasteiger partial charge in [0, 0.05) is 24.9 Å². The molecule has 2 aromatic carbocycles. The minimum Gasteiger partial charge on any atom is -0.481 e. The molecular formula is C26H28F2N2O5. The van der Waals surface area contributed by atoms with Crippen LogP contribution in [0.3, 0.4) is 0 Å². The van der Waals surface area contributed by atoms with Gasteiger partial charge in [-0.3, -0.25) is 9.59 Å². The number of hydrogen-bond acceptors (Lipinski definition) is 4. The lowest BCUT2D eigenvalue weighted by molar-refractivity contribution is -0.137. The Hall–Kier alpha value is -3.49. The molecule has 0 radical (unpaired) electrons. The lowest BCUT2D eigenvalue weighted by Crippen LogP contribution is -2.37. The maximum Gasteiger partial charge on any atom is 0.407 e. The number of nitrogens with one attached hydrogen (secondary N) is 2. The SMILES string of the molecule is CCC(CCC(=O)O)NC(=O)C1C(CNC(=O)OCC2c3ccccc3-c3ccccc32)C1(F)F. The molecule has 1 saturated carbocycles.